The normalized spacial score (nSPS) is 18.4. The summed E-state index contributed by atoms with van der Waals surface area (Å²) in [6.07, 6.45) is 3.83. The summed E-state index contributed by atoms with van der Waals surface area (Å²) < 4.78 is 10.3. The topological polar surface area (TPSA) is 35.5 Å². The van der Waals surface area contributed by atoms with Crippen molar-refractivity contribution in [3.05, 3.63) is 12.2 Å². The summed E-state index contributed by atoms with van der Waals surface area (Å²) in [7, 11) is 1.38. The molecule has 0 aromatic rings. The molecule has 1 fully saturated rings. The van der Waals surface area contributed by atoms with Crippen LogP contribution in [0.25, 0.3) is 0 Å². The lowest BCUT2D eigenvalue weighted by Gasteiger charge is -2.41. The Bertz CT molecular complexity index is 229. The number of hydrogen-bond donors (Lipinski definition) is 0. The number of rotatable bonds is 5. The first-order valence-corrected chi connectivity index (χ1v) is 5.03. The van der Waals surface area contributed by atoms with Crippen LogP contribution in [0.2, 0.25) is 0 Å². The van der Waals surface area contributed by atoms with E-state index in [2.05, 4.69) is 11.3 Å². The predicted octanol–water partition coefficient (Wildman–Crippen LogP) is 2.06. The van der Waals surface area contributed by atoms with Crippen LogP contribution in [0.4, 0.5) is 0 Å². The second-order valence-corrected chi connectivity index (χ2v) is 3.74. The van der Waals surface area contributed by atoms with Crippen LogP contribution in [0.15, 0.2) is 12.2 Å². The number of esters is 1. The molecule has 0 aliphatic heterocycles. The van der Waals surface area contributed by atoms with E-state index in [1.54, 1.807) is 0 Å². The minimum absolute atomic E-state index is 0.125. The Balaban J connectivity index is 2.48. The first-order valence-electron chi connectivity index (χ1n) is 5.03. The third-order valence-electron chi connectivity index (χ3n) is 2.72. The molecule has 1 rings (SSSR count). The standard InChI is InChI=1S/C11H18O3/c1-4-14-11(6-5-7-11)8-9(2)10(12)13-3/h2,4-8H2,1,3H3. The summed E-state index contributed by atoms with van der Waals surface area (Å²) in [5, 5.41) is 0. The van der Waals surface area contributed by atoms with Crippen molar-refractivity contribution in [2.75, 3.05) is 13.7 Å². The first kappa shape index (κ1) is 11.2. The van der Waals surface area contributed by atoms with Gasteiger partial charge in [-0.05, 0) is 26.2 Å². The molecule has 0 atom stereocenters. The minimum atomic E-state index is -0.323. The van der Waals surface area contributed by atoms with Crippen molar-refractivity contribution in [2.45, 2.75) is 38.2 Å². The van der Waals surface area contributed by atoms with E-state index in [-0.39, 0.29) is 11.6 Å². The predicted molar refractivity (Wildman–Crippen MR) is 54.0 cm³/mol. The Morgan fingerprint density at radius 3 is 2.50 bits per heavy atom. The lowest BCUT2D eigenvalue weighted by atomic mass is 9.76. The maximum atomic E-state index is 11.2. The van der Waals surface area contributed by atoms with Crippen molar-refractivity contribution < 1.29 is 14.3 Å². The van der Waals surface area contributed by atoms with Crippen LogP contribution >= 0.6 is 0 Å². The van der Waals surface area contributed by atoms with E-state index in [1.165, 1.54) is 13.5 Å². The van der Waals surface area contributed by atoms with Gasteiger partial charge in [-0.3, -0.25) is 0 Å². The fourth-order valence-electron chi connectivity index (χ4n) is 1.85. The Labute approximate surface area is 85.1 Å². The molecular weight excluding hydrogens is 180 g/mol. The molecule has 1 aliphatic carbocycles. The molecule has 1 aliphatic rings. The van der Waals surface area contributed by atoms with E-state index < -0.39 is 0 Å². The average Bonchev–Trinajstić information content (AvgIpc) is 2.13. The van der Waals surface area contributed by atoms with Crippen LogP contribution < -0.4 is 0 Å². The van der Waals surface area contributed by atoms with Gasteiger partial charge in [0.05, 0.1) is 12.7 Å². The van der Waals surface area contributed by atoms with E-state index in [0.717, 1.165) is 12.8 Å². The fraction of sp³-hybridized carbons (Fsp3) is 0.727. The molecule has 0 aromatic carbocycles. The zero-order valence-corrected chi connectivity index (χ0v) is 8.97. The third-order valence-corrected chi connectivity index (χ3v) is 2.72. The number of carbonyl (C=O) groups excluding carboxylic acids is 1. The van der Waals surface area contributed by atoms with Gasteiger partial charge in [0.25, 0.3) is 0 Å². The van der Waals surface area contributed by atoms with Gasteiger partial charge in [0.1, 0.15) is 0 Å². The zero-order chi connectivity index (χ0) is 10.6. The largest absolute Gasteiger partial charge is 0.466 e. The SMILES string of the molecule is C=C(CC1(OCC)CCC1)C(=O)OC. The highest BCUT2D eigenvalue weighted by molar-refractivity contribution is 5.87. The molecule has 3 heteroatoms. The summed E-state index contributed by atoms with van der Waals surface area (Å²) in [6.45, 7) is 6.38. The van der Waals surface area contributed by atoms with Crippen LogP contribution in [0.1, 0.15) is 32.6 Å². The van der Waals surface area contributed by atoms with E-state index >= 15 is 0 Å². The van der Waals surface area contributed by atoms with Crippen molar-refractivity contribution in [1.82, 2.24) is 0 Å². The van der Waals surface area contributed by atoms with Gasteiger partial charge in [-0.25, -0.2) is 4.79 Å². The number of carbonyl (C=O) groups is 1. The summed E-state index contributed by atoms with van der Waals surface area (Å²) >= 11 is 0. The van der Waals surface area contributed by atoms with Gasteiger partial charge < -0.3 is 9.47 Å². The van der Waals surface area contributed by atoms with Crippen molar-refractivity contribution in [3.63, 3.8) is 0 Å². The van der Waals surface area contributed by atoms with Crippen molar-refractivity contribution in [3.8, 4) is 0 Å². The van der Waals surface area contributed by atoms with Gasteiger partial charge in [0.2, 0.25) is 0 Å². The molecule has 0 saturated heterocycles. The van der Waals surface area contributed by atoms with Gasteiger partial charge in [-0.1, -0.05) is 6.58 Å². The average molecular weight is 198 g/mol. The Morgan fingerprint density at radius 2 is 2.14 bits per heavy atom. The van der Waals surface area contributed by atoms with Crippen LogP contribution in [-0.4, -0.2) is 25.3 Å². The molecule has 0 N–H and O–H groups in total. The molecule has 0 radical (unpaired) electrons. The quantitative estimate of drug-likeness (QED) is 0.501. The molecule has 0 heterocycles. The number of ether oxygens (including phenoxy) is 2. The summed E-state index contributed by atoms with van der Waals surface area (Å²) in [6, 6.07) is 0. The molecule has 80 valence electrons. The van der Waals surface area contributed by atoms with E-state index in [9.17, 15) is 4.79 Å². The van der Waals surface area contributed by atoms with Crippen LogP contribution in [0, 0.1) is 0 Å². The fourth-order valence-corrected chi connectivity index (χ4v) is 1.85. The van der Waals surface area contributed by atoms with Crippen molar-refractivity contribution in [2.24, 2.45) is 0 Å². The summed E-state index contributed by atoms with van der Waals surface area (Å²) in [4.78, 5) is 11.2. The highest BCUT2D eigenvalue weighted by atomic mass is 16.5. The zero-order valence-electron chi connectivity index (χ0n) is 8.97. The van der Waals surface area contributed by atoms with E-state index in [0.29, 0.717) is 18.6 Å². The minimum Gasteiger partial charge on any atom is -0.466 e. The van der Waals surface area contributed by atoms with Crippen LogP contribution in [0.5, 0.6) is 0 Å². The second-order valence-electron chi connectivity index (χ2n) is 3.74. The molecule has 0 aromatic heterocycles. The molecule has 0 spiro atoms. The van der Waals surface area contributed by atoms with Crippen molar-refractivity contribution in [1.29, 1.82) is 0 Å². The van der Waals surface area contributed by atoms with E-state index in [1.807, 2.05) is 6.92 Å². The van der Waals surface area contributed by atoms with Gasteiger partial charge in [-0.2, -0.15) is 0 Å². The van der Waals surface area contributed by atoms with Crippen LogP contribution in [-0.2, 0) is 14.3 Å². The van der Waals surface area contributed by atoms with Crippen LogP contribution in [0.3, 0.4) is 0 Å². The molecular formula is C11H18O3. The van der Waals surface area contributed by atoms with Gasteiger partial charge >= 0.3 is 5.97 Å². The second kappa shape index (κ2) is 4.60. The maximum Gasteiger partial charge on any atom is 0.333 e. The molecule has 14 heavy (non-hydrogen) atoms. The van der Waals surface area contributed by atoms with Gasteiger partial charge in [-0.15, -0.1) is 0 Å². The van der Waals surface area contributed by atoms with Crippen molar-refractivity contribution >= 4 is 5.97 Å². The Kier molecular flexibility index (Phi) is 3.69. The van der Waals surface area contributed by atoms with Gasteiger partial charge in [0, 0.05) is 18.6 Å². The highest BCUT2D eigenvalue weighted by Crippen LogP contribution is 2.40. The smallest absolute Gasteiger partial charge is 0.333 e. The van der Waals surface area contributed by atoms with Gasteiger partial charge in [0.15, 0.2) is 0 Å². The summed E-state index contributed by atoms with van der Waals surface area (Å²) in [5.41, 5.74) is 0.390. The lowest BCUT2D eigenvalue weighted by molar-refractivity contribution is -0.139. The Hall–Kier alpha value is -0.830. The first-order chi connectivity index (χ1) is 6.63. The lowest BCUT2D eigenvalue weighted by Crippen LogP contribution is -2.41. The molecule has 1 saturated carbocycles. The molecule has 0 bridgehead atoms. The number of methoxy groups -OCH3 is 1. The molecule has 3 nitrogen and oxygen atoms in total. The third kappa shape index (κ3) is 2.35. The molecule has 0 amide bonds. The monoisotopic (exact) mass is 198 g/mol. The maximum absolute atomic E-state index is 11.2. The highest BCUT2D eigenvalue weighted by Gasteiger charge is 2.39. The number of hydrogen-bond acceptors (Lipinski definition) is 3. The Morgan fingerprint density at radius 1 is 1.50 bits per heavy atom. The summed E-state index contributed by atoms with van der Waals surface area (Å²) in [5.74, 6) is -0.323. The van der Waals surface area contributed by atoms with E-state index in [4.69, 9.17) is 4.74 Å². The molecule has 0 unspecified atom stereocenters.